The van der Waals surface area contributed by atoms with E-state index in [-0.39, 0.29) is 0 Å². The number of aromatic nitrogens is 4. The van der Waals surface area contributed by atoms with Gasteiger partial charge in [-0.25, -0.2) is 0 Å². The molecule has 0 aliphatic rings. The molecule has 0 aromatic carbocycles. The van der Waals surface area contributed by atoms with Crippen LogP contribution in [-0.4, -0.2) is 40.3 Å². The number of H-pyrrole nitrogens is 1. The Bertz CT molecular complexity index is 521. The van der Waals surface area contributed by atoms with E-state index in [1.165, 1.54) is 19.3 Å². The Morgan fingerprint density at radius 1 is 1.26 bits per heavy atom. The average molecular weight is 262 g/mol. The summed E-state index contributed by atoms with van der Waals surface area (Å²) in [5.41, 5.74) is 0.781. The molecule has 6 heteroatoms. The fourth-order valence-corrected chi connectivity index (χ4v) is 2.05. The highest BCUT2D eigenvalue weighted by molar-refractivity contribution is 5.87. The second-order valence-electron chi connectivity index (χ2n) is 4.66. The summed E-state index contributed by atoms with van der Waals surface area (Å²) in [5.74, 6) is 1.59. The van der Waals surface area contributed by atoms with Gasteiger partial charge in [-0.15, -0.1) is 0 Å². The summed E-state index contributed by atoms with van der Waals surface area (Å²) in [6.07, 6.45) is 5.43. The van der Waals surface area contributed by atoms with Gasteiger partial charge < -0.3 is 10.2 Å². The third-order valence-corrected chi connectivity index (χ3v) is 3.08. The van der Waals surface area contributed by atoms with Crippen molar-refractivity contribution in [3.63, 3.8) is 0 Å². The number of fused-ring (bicyclic) bond motifs is 1. The maximum atomic E-state index is 4.59. The molecule has 2 N–H and O–H groups in total. The van der Waals surface area contributed by atoms with Gasteiger partial charge in [0.05, 0.1) is 11.6 Å². The maximum Gasteiger partial charge on any atom is 0.226 e. The van der Waals surface area contributed by atoms with Crippen molar-refractivity contribution in [1.82, 2.24) is 20.2 Å². The van der Waals surface area contributed by atoms with E-state index in [0.29, 0.717) is 5.95 Å². The van der Waals surface area contributed by atoms with Crippen molar-refractivity contribution >= 4 is 22.8 Å². The zero-order valence-electron chi connectivity index (χ0n) is 11.9. The molecule has 0 saturated carbocycles. The summed E-state index contributed by atoms with van der Waals surface area (Å²) >= 11 is 0. The lowest BCUT2D eigenvalue weighted by Crippen LogP contribution is -2.20. The first kappa shape index (κ1) is 13.6. The third kappa shape index (κ3) is 3.13. The molecule has 0 saturated heterocycles. The maximum absolute atomic E-state index is 4.59. The highest BCUT2D eigenvalue weighted by Gasteiger charge is 2.12. The number of rotatable bonds is 7. The fraction of sp³-hybridized carbons (Fsp3) is 0.615. The summed E-state index contributed by atoms with van der Waals surface area (Å²) < 4.78 is 0. The topological polar surface area (TPSA) is 69.7 Å². The third-order valence-electron chi connectivity index (χ3n) is 3.08. The van der Waals surface area contributed by atoms with Gasteiger partial charge in [0, 0.05) is 20.1 Å². The molecule has 0 fully saturated rings. The molecular weight excluding hydrogens is 240 g/mol. The lowest BCUT2D eigenvalue weighted by atomic mass is 10.2. The zero-order valence-corrected chi connectivity index (χ0v) is 11.9. The minimum absolute atomic E-state index is 0.650. The molecule has 2 aromatic heterocycles. The van der Waals surface area contributed by atoms with E-state index in [9.17, 15) is 0 Å². The fourth-order valence-electron chi connectivity index (χ4n) is 2.05. The van der Waals surface area contributed by atoms with Crippen molar-refractivity contribution in [1.29, 1.82) is 0 Å². The van der Waals surface area contributed by atoms with Crippen LogP contribution >= 0.6 is 0 Å². The van der Waals surface area contributed by atoms with Crippen LogP contribution in [0.2, 0.25) is 0 Å². The first-order chi connectivity index (χ1) is 9.26. The van der Waals surface area contributed by atoms with Crippen LogP contribution < -0.4 is 10.2 Å². The Labute approximate surface area is 113 Å². The Morgan fingerprint density at radius 2 is 2.11 bits per heavy atom. The van der Waals surface area contributed by atoms with E-state index in [1.807, 2.05) is 6.92 Å². The van der Waals surface area contributed by atoms with Crippen molar-refractivity contribution in [3.8, 4) is 0 Å². The van der Waals surface area contributed by atoms with Crippen molar-refractivity contribution in [2.75, 3.05) is 30.4 Å². The molecule has 2 aromatic rings. The average Bonchev–Trinajstić information content (AvgIpc) is 2.86. The number of unbranched alkanes of at least 4 members (excludes halogenated alkanes) is 2. The molecule has 0 atom stereocenters. The number of aromatic amines is 1. The Hall–Kier alpha value is -1.85. The van der Waals surface area contributed by atoms with Crippen LogP contribution in [0.5, 0.6) is 0 Å². The molecule has 0 aliphatic carbocycles. The lowest BCUT2D eigenvalue weighted by Gasteiger charge is -2.19. The standard InChI is InChI=1S/C13H22N6/c1-4-6-7-8-19(3)12-10-9-15-18-11(10)16-13(17-12)14-5-2/h9H,4-8H2,1-3H3,(H2,14,15,16,17,18). The quantitative estimate of drug-likeness (QED) is 0.750. The zero-order chi connectivity index (χ0) is 13.7. The van der Waals surface area contributed by atoms with E-state index in [0.717, 1.165) is 29.9 Å². The molecule has 0 bridgehead atoms. The summed E-state index contributed by atoms with van der Waals surface area (Å²) in [5, 5.41) is 11.1. The van der Waals surface area contributed by atoms with E-state index in [2.05, 4.69) is 44.4 Å². The molecule has 2 heterocycles. The lowest BCUT2D eigenvalue weighted by molar-refractivity contribution is 0.702. The molecule has 104 valence electrons. The molecule has 0 aliphatic heterocycles. The monoisotopic (exact) mass is 262 g/mol. The van der Waals surface area contributed by atoms with Gasteiger partial charge in [-0.3, -0.25) is 5.10 Å². The minimum atomic E-state index is 0.650. The molecule has 6 nitrogen and oxygen atoms in total. The molecule has 0 unspecified atom stereocenters. The van der Waals surface area contributed by atoms with Crippen LogP contribution in [0.15, 0.2) is 6.20 Å². The molecule has 2 rings (SSSR count). The Balaban J connectivity index is 2.26. The number of anilines is 2. The highest BCUT2D eigenvalue weighted by Crippen LogP contribution is 2.23. The number of nitrogens with zero attached hydrogens (tertiary/aromatic N) is 4. The number of hydrogen-bond acceptors (Lipinski definition) is 5. The number of hydrogen-bond donors (Lipinski definition) is 2. The molecular formula is C13H22N6. The van der Waals surface area contributed by atoms with Gasteiger partial charge in [0.1, 0.15) is 5.82 Å². The van der Waals surface area contributed by atoms with Gasteiger partial charge in [0.2, 0.25) is 5.95 Å². The molecule has 0 spiro atoms. The van der Waals surface area contributed by atoms with Crippen LogP contribution in [-0.2, 0) is 0 Å². The Morgan fingerprint density at radius 3 is 2.84 bits per heavy atom. The SMILES string of the molecule is CCCCCN(C)c1nc(NCC)nc2[nH]ncc12. The van der Waals surface area contributed by atoms with Gasteiger partial charge in [-0.1, -0.05) is 19.8 Å². The molecule has 0 radical (unpaired) electrons. The van der Waals surface area contributed by atoms with Crippen molar-refractivity contribution in [3.05, 3.63) is 6.20 Å². The van der Waals surface area contributed by atoms with Crippen LogP contribution in [0, 0.1) is 0 Å². The summed E-state index contributed by atoms with van der Waals surface area (Å²) in [7, 11) is 2.07. The second kappa shape index (κ2) is 6.36. The van der Waals surface area contributed by atoms with Crippen LogP contribution in [0.4, 0.5) is 11.8 Å². The first-order valence-electron chi connectivity index (χ1n) is 6.92. The van der Waals surface area contributed by atoms with Gasteiger partial charge in [-0.05, 0) is 13.3 Å². The normalized spacial score (nSPS) is 10.9. The Kier molecular flexibility index (Phi) is 4.54. The largest absolute Gasteiger partial charge is 0.359 e. The highest BCUT2D eigenvalue weighted by atomic mass is 15.2. The van der Waals surface area contributed by atoms with Gasteiger partial charge in [0.15, 0.2) is 5.65 Å². The van der Waals surface area contributed by atoms with Crippen LogP contribution in [0.3, 0.4) is 0 Å². The predicted molar refractivity (Wildman–Crippen MR) is 78.6 cm³/mol. The second-order valence-corrected chi connectivity index (χ2v) is 4.66. The van der Waals surface area contributed by atoms with Crippen molar-refractivity contribution < 1.29 is 0 Å². The van der Waals surface area contributed by atoms with E-state index >= 15 is 0 Å². The van der Waals surface area contributed by atoms with E-state index in [4.69, 9.17) is 0 Å². The van der Waals surface area contributed by atoms with Gasteiger partial charge >= 0.3 is 0 Å². The first-order valence-corrected chi connectivity index (χ1v) is 6.92. The molecule has 0 amide bonds. The van der Waals surface area contributed by atoms with E-state index < -0.39 is 0 Å². The van der Waals surface area contributed by atoms with E-state index in [1.54, 1.807) is 6.20 Å². The van der Waals surface area contributed by atoms with Crippen molar-refractivity contribution in [2.24, 2.45) is 0 Å². The summed E-state index contributed by atoms with van der Waals surface area (Å²) in [6.45, 7) is 6.04. The number of nitrogens with one attached hydrogen (secondary N) is 2. The van der Waals surface area contributed by atoms with Crippen LogP contribution in [0.1, 0.15) is 33.1 Å². The minimum Gasteiger partial charge on any atom is -0.359 e. The smallest absolute Gasteiger partial charge is 0.226 e. The molecule has 19 heavy (non-hydrogen) atoms. The van der Waals surface area contributed by atoms with Crippen LogP contribution in [0.25, 0.3) is 11.0 Å². The predicted octanol–water partition coefficient (Wildman–Crippen LogP) is 2.41. The van der Waals surface area contributed by atoms with Gasteiger partial charge in [-0.2, -0.15) is 15.1 Å². The summed E-state index contributed by atoms with van der Waals surface area (Å²) in [6, 6.07) is 0. The summed E-state index contributed by atoms with van der Waals surface area (Å²) in [4.78, 5) is 11.2. The van der Waals surface area contributed by atoms with Crippen molar-refractivity contribution in [2.45, 2.75) is 33.1 Å². The van der Waals surface area contributed by atoms with Gasteiger partial charge in [0.25, 0.3) is 0 Å².